The van der Waals surface area contributed by atoms with Gasteiger partial charge in [-0.05, 0) is 35.4 Å². The van der Waals surface area contributed by atoms with Gasteiger partial charge in [-0.25, -0.2) is 49.4 Å². The first kappa shape index (κ1) is 55.2. The van der Waals surface area contributed by atoms with Crippen LogP contribution >= 0.6 is 28.0 Å². The van der Waals surface area contributed by atoms with E-state index in [9.17, 15) is 44.4 Å². The molecule has 74 heavy (non-hydrogen) atoms. The predicted molar refractivity (Wildman–Crippen MR) is 256 cm³/mol. The van der Waals surface area contributed by atoms with Crippen molar-refractivity contribution in [2.75, 3.05) is 50.2 Å². The summed E-state index contributed by atoms with van der Waals surface area (Å²) in [6.07, 6.45) is -12.3. The summed E-state index contributed by atoms with van der Waals surface area (Å²) in [7, 11) is -4.78. The molecule has 42 heteroatoms. The molecule has 35 nitrogen and oxygen atoms in total. The minimum Gasteiger partial charge on any atom is -0.394 e. The zero-order valence-corrected chi connectivity index (χ0v) is 43.1. The number of aliphatic hydroxyl groups is 4. The topological polar surface area (TPSA) is 500 Å². The lowest BCUT2D eigenvalue weighted by molar-refractivity contribution is -0.0589. The SMILES string of the molecule is Nc1ncnc2c1ncn2[C@@H]1O[C@H](COP(O)(=S)O[C@H]2C(O)[C@@H](COP(O)(=S)O[C@H]3C(O)[C@@H](COP(=O)(O)OCCO)O[C@H]3n3cnc4c(N)ncnc43)O[C@H]2n2cnc3c(N)ncnc32)C(O)[C@@H]1OP(O)(O)=S. The van der Waals surface area contributed by atoms with Gasteiger partial charge >= 0.3 is 28.0 Å². The molecule has 0 radical (unpaired) electrons. The number of nitrogens with two attached hydrogens (primary N) is 3. The molecule has 3 aliphatic heterocycles. The van der Waals surface area contributed by atoms with Crippen LogP contribution in [0.1, 0.15) is 18.7 Å². The van der Waals surface area contributed by atoms with Gasteiger partial charge in [-0.3, -0.25) is 36.3 Å². The first-order chi connectivity index (χ1) is 34.9. The lowest BCUT2D eigenvalue weighted by atomic mass is 10.1. The van der Waals surface area contributed by atoms with Crippen LogP contribution in [0.2, 0.25) is 0 Å². The molecule has 3 fully saturated rings. The number of ether oxygens (including phenoxy) is 3. The van der Waals surface area contributed by atoms with Crippen molar-refractivity contribution in [1.82, 2.24) is 58.6 Å². The Kier molecular flexibility index (Phi) is 16.2. The van der Waals surface area contributed by atoms with Crippen LogP contribution < -0.4 is 17.2 Å². The highest BCUT2D eigenvalue weighted by atomic mass is 32.5. The van der Waals surface area contributed by atoms with E-state index in [-0.39, 0.29) is 50.9 Å². The van der Waals surface area contributed by atoms with Gasteiger partial charge in [0.2, 0.25) is 0 Å². The average Bonchev–Trinajstić information content (AvgIpc) is 4.20. The third-order valence-corrected chi connectivity index (χ3v) is 16.1. The number of hydrogen-bond donors (Lipinski definition) is 12. The Morgan fingerprint density at radius 1 is 0.527 bits per heavy atom. The Labute approximate surface area is 428 Å². The summed E-state index contributed by atoms with van der Waals surface area (Å²) in [4.78, 5) is 90.1. The molecule has 9 heterocycles. The van der Waals surface area contributed by atoms with E-state index in [1.54, 1.807) is 0 Å². The number of aromatic nitrogens is 12. The van der Waals surface area contributed by atoms with Crippen molar-refractivity contribution in [1.29, 1.82) is 0 Å². The van der Waals surface area contributed by atoms with Crippen LogP contribution in [0.3, 0.4) is 0 Å². The number of phosphoric acid groups is 1. The molecule has 0 aromatic carbocycles. The highest BCUT2D eigenvalue weighted by Crippen LogP contribution is 2.54. The highest BCUT2D eigenvalue weighted by Gasteiger charge is 2.53. The molecule has 15 N–H and O–H groups in total. The van der Waals surface area contributed by atoms with Gasteiger partial charge in [0, 0.05) is 0 Å². The summed E-state index contributed by atoms with van der Waals surface area (Å²) in [6.45, 7) is -17.2. The summed E-state index contributed by atoms with van der Waals surface area (Å²) in [6, 6.07) is 0. The molecule has 9 rings (SSSR count). The number of aliphatic hydroxyl groups excluding tert-OH is 4. The number of nitrogens with zero attached hydrogens (tertiary/aromatic N) is 12. The van der Waals surface area contributed by atoms with E-state index in [0.717, 1.165) is 19.0 Å². The van der Waals surface area contributed by atoms with Gasteiger partial charge in [0.05, 0.1) is 52.0 Å². The van der Waals surface area contributed by atoms with E-state index >= 15 is 0 Å². The van der Waals surface area contributed by atoms with Gasteiger partial charge in [0.1, 0.15) is 90.5 Å². The number of hydrogen-bond acceptors (Lipinski definition) is 30. The largest absolute Gasteiger partial charge is 0.472 e. The van der Waals surface area contributed by atoms with Crippen LogP contribution in [0.5, 0.6) is 0 Å². The van der Waals surface area contributed by atoms with E-state index in [0.29, 0.717) is 0 Å². The van der Waals surface area contributed by atoms with Gasteiger partial charge in [0.25, 0.3) is 0 Å². The van der Waals surface area contributed by atoms with Crippen molar-refractivity contribution >= 4 is 114 Å². The smallest absolute Gasteiger partial charge is 0.394 e. The fourth-order valence-electron chi connectivity index (χ4n) is 7.97. The minimum absolute atomic E-state index is 0.00405. The zero-order valence-electron chi connectivity index (χ0n) is 37.1. The molecule has 0 amide bonds. The molecule has 3 saturated heterocycles. The quantitative estimate of drug-likeness (QED) is 0.0319. The van der Waals surface area contributed by atoms with Crippen molar-refractivity contribution in [3.63, 3.8) is 0 Å². The number of rotatable bonds is 21. The molecule has 0 saturated carbocycles. The molecule has 3 aliphatic rings. The van der Waals surface area contributed by atoms with E-state index in [4.69, 9.17) is 87.3 Å². The maximum atomic E-state index is 12.4. The number of imidazole rings is 3. The summed E-state index contributed by atoms with van der Waals surface area (Å²) < 4.78 is 72.3. The zero-order chi connectivity index (χ0) is 53.1. The maximum absolute atomic E-state index is 12.4. The molecule has 0 aliphatic carbocycles. The normalized spacial score (nSPS) is 30.1. The molecule has 0 bridgehead atoms. The summed E-state index contributed by atoms with van der Waals surface area (Å²) >= 11 is 15.4. The molecule has 404 valence electrons. The first-order valence-corrected chi connectivity index (χ1v) is 30.3. The predicted octanol–water partition coefficient (Wildman–Crippen LogP) is -3.01. The Morgan fingerprint density at radius 2 is 0.865 bits per heavy atom. The standard InChI is InChI=1S/C32H43N15O20P4S3/c33-24-15-27(39-6-36-24)45(9-42-15)30-21(65-69(54,55)72)18(49)13(63-30)4-60-70(56,73)67-23-20(51)14(64-32(23)47-11-44-17-26(35)38-8-41-29(17)47)5-61-71(57,74)66-22-19(50)12(3-59-68(52,53)58-2-1-48)62-31(22)46-10-43-16-25(34)37-7-40-28(16)46/h6-14,18-23,30-32,48-51H,1-5H2,(H,52,53)(H,56,73)(H,57,74)(H2,33,36,39)(H2,34,37,40)(H2,35,38,41)(H2,54,55,72)/t12-,13-,14-,18?,19?,20?,21+,22+,23+,30-,31-,32-,70?,71?/m1/s1. The Bertz CT molecular complexity index is 3220. The van der Waals surface area contributed by atoms with Gasteiger partial charge < -0.3 is 85.4 Å². The third-order valence-electron chi connectivity index (χ3n) is 11.2. The summed E-state index contributed by atoms with van der Waals surface area (Å²) in [5.41, 5.74) is 18.5. The van der Waals surface area contributed by atoms with Gasteiger partial charge in [-0.2, -0.15) is 0 Å². The van der Waals surface area contributed by atoms with Crippen LogP contribution in [-0.4, -0.2) is 191 Å². The van der Waals surface area contributed by atoms with Crippen LogP contribution in [0.15, 0.2) is 38.0 Å². The molecule has 0 spiro atoms. The average molecular weight is 1180 g/mol. The molecule has 15 atom stereocenters. The Morgan fingerprint density at radius 3 is 1.20 bits per heavy atom. The molecule has 6 aromatic rings. The fourth-order valence-corrected chi connectivity index (χ4v) is 12.4. The van der Waals surface area contributed by atoms with Crippen LogP contribution in [0.25, 0.3) is 33.5 Å². The molecule has 6 aromatic heterocycles. The van der Waals surface area contributed by atoms with Crippen LogP contribution in [0, 0.1) is 0 Å². The second-order valence-corrected chi connectivity index (χ2v) is 25.6. The van der Waals surface area contributed by atoms with Crippen LogP contribution in [-0.2, 0) is 85.9 Å². The van der Waals surface area contributed by atoms with E-state index in [1.807, 2.05) is 0 Å². The molecule has 6 unspecified atom stereocenters. The van der Waals surface area contributed by atoms with Crippen molar-refractivity contribution < 1.29 is 95.3 Å². The fraction of sp³-hybridized carbons (Fsp3) is 0.531. The maximum Gasteiger partial charge on any atom is 0.472 e. The van der Waals surface area contributed by atoms with Gasteiger partial charge in [0.15, 0.2) is 53.1 Å². The van der Waals surface area contributed by atoms with Gasteiger partial charge in [-0.1, -0.05) is 0 Å². The third kappa shape index (κ3) is 11.7. The second-order valence-electron chi connectivity index (χ2n) is 16.0. The molecular weight excluding hydrogens is 1130 g/mol. The number of anilines is 3. The lowest BCUT2D eigenvalue weighted by Crippen LogP contribution is -2.37. The summed E-state index contributed by atoms with van der Waals surface area (Å²) in [5.74, 6) is -0.0810. The van der Waals surface area contributed by atoms with Gasteiger partial charge in [-0.15, -0.1) is 0 Å². The number of nitrogen functional groups attached to an aromatic ring is 3. The van der Waals surface area contributed by atoms with E-state index in [1.165, 1.54) is 32.7 Å². The molecular formula is C32H43N15O20P4S3. The van der Waals surface area contributed by atoms with Crippen molar-refractivity contribution in [3.05, 3.63) is 38.0 Å². The van der Waals surface area contributed by atoms with Crippen molar-refractivity contribution in [3.8, 4) is 0 Å². The highest BCUT2D eigenvalue weighted by molar-refractivity contribution is 8.07. The monoisotopic (exact) mass is 1180 g/mol. The van der Waals surface area contributed by atoms with E-state index in [2.05, 4.69) is 61.2 Å². The summed E-state index contributed by atoms with van der Waals surface area (Å²) in [5, 5.41) is 43.7. The van der Waals surface area contributed by atoms with Crippen molar-refractivity contribution in [2.24, 2.45) is 0 Å². The Balaban J connectivity index is 0.928. The second kappa shape index (κ2) is 21.7. The minimum atomic E-state index is -4.78. The Hall–Kier alpha value is -3.53. The van der Waals surface area contributed by atoms with Crippen molar-refractivity contribution in [2.45, 2.75) is 73.6 Å². The van der Waals surface area contributed by atoms with E-state index < -0.39 is 135 Å². The first-order valence-electron chi connectivity index (χ1n) is 21.0. The number of fused-ring (bicyclic) bond motifs is 3. The number of phosphoric ester groups is 1. The van der Waals surface area contributed by atoms with Crippen LogP contribution in [0.4, 0.5) is 17.5 Å². The lowest BCUT2D eigenvalue weighted by Gasteiger charge is -2.27.